The summed E-state index contributed by atoms with van der Waals surface area (Å²) in [5.74, 6) is 0.573. The van der Waals surface area contributed by atoms with E-state index in [-0.39, 0.29) is 0 Å². The van der Waals surface area contributed by atoms with E-state index in [0.29, 0.717) is 18.0 Å². The Morgan fingerprint density at radius 1 is 1.67 bits per heavy atom. The molecule has 3 unspecified atom stereocenters. The van der Waals surface area contributed by atoms with Gasteiger partial charge in [-0.2, -0.15) is 0 Å². The maximum atomic E-state index is 5.43. The SMILES string of the molecule is C=C1COCC2C1C(C)NN2C. The van der Waals surface area contributed by atoms with Crippen molar-refractivity contribution in [2.45, 2.75) is 19.0 Å². The van der Waals surface area contributed by atoms with Gasteiger partial charge in [0.05, 0.1) is 19.3 Å². The second-order valence-corrected chi connectivity index (χ2v) is 3.80. The Bertz CT molecular complexity index is 205. The first-order valence-corrected chi connectivity index (χ1v) is 4.44. The second kappa shape index (κ2) is 2.83. The van der Waals surface area contributed by atoms with Crippen LogP contribution in [0.25, 0.3) is 0 Å². The zero-order valence-electron chi connectivity index (χ0n) is 7.71. The van der Waals surface area contributed by atoms with Crippen LogP contribution >= 0.6 is 0 Å². The number of ether oxygens (including phenoxy) is 1. The van der Waals surface area contributed by atoms with E-state index in [1.54, 1.807) is 0 Å². The van der Waals surface area contributed by atoms with Gasteiger partial charge in [-0.25, -0.2) is 5.01 Å². The molecule has 3 heteroatoms. The quantitative estimate of drug-likeness (QED) is 0.530. The van der Waals surface area contributed by atoms with Crippen molar-refractivity contribution >= 4 is 0 Å². The molecule has 0 aromatic heterocycles. The van der Waals surface area contributed by atoms with Crippen LogP contribution in [0.1, 0.15) is 6.92 Å². The summed E-state index contributed by atoms with van der Waals surface area (Å²) in [5.41, 5.74) is 4.61. The van der Waals surface area contributed by atoms with Crippen LogP contribution in [-0.2, 0) is 4.74 Å². The topological polar surface area (TPSA) is 24.5 Å². The van der Waals surface area contributed by atoms with Gasteiger partial charge in [-0.1, -0.05) is 6.58 Å². The molecular weight excluding hydrogens is 152 g/mol. The van der Waals surface area contributed by atoms with Crippen LogP contribution in [0, 0.1) is 5.92 Å². The molecule has 2 aliphatic heterocycles. The van der Waals surface area contributed by atoms with Gasteiger partial charge in [-0.05, 0) is 12.5 Å². The lowest BCUT2D eigenvalue weighted by Crippen LogP contribution is -2.41. The van der Waals surface area contributed by atoms with Crippen LogP contribution in [0.3, 0.4) is 0 Å². The zero-order chi connectivity index (χ0) is 8.72. The first kappa shape index (κ1) is 8.23. The molecule has 1 N–H and O–H groups in total. The molecule has 2 saturated heterocycles. The van der Waals surface area contributed by atoms with Gasteiger partial charge in [-0.3, -0.25) is 5.43 Å². The molecule has 12 heavy (non-hydrogen) atoms. The Kier molecular flexibility index (Phi) is 1.94. The van der Waals surface area contributed by atoms with E-state index in [0.717, 1.165) is 13.2 Å². The molecule has 2 aliphatic rings. The van der Waals surface area contributed by atoms with E-state index in [4.69, 9.17) is 4.74 Å². The molecule has 3 atom stereocenters. The summed E-state index contributed by atoms with van der Waals surface area (Å²) in [6.45, 7) is 7.82. The fourth-order valence-corrected chi connectivity index (χ4v) is 2.32. The van der Waals surface area contributed by atoms with Crippen LogP contribution in [0.2, 0.25) is 0 Å². The smallest absolute Gasteiger partial charge is 0.0678 e. The minimum Gasteiger partial charge on any atom is -0.375 e. The number of hydrazine groups is 1. The van der Waals surface area contributed by atoms with Crippen molar-refractivity contribution in [3.63, 3.8) is 0 Å². The van der Waals surface area contributed by atoms with E-state index in [9.17, 15) is 0 Å². The van der Waals surface area contributed by atoms with Crippen molar-refractivity contribution in [1.29, 1.82) is 0 Å². The Morgan fingerprint density at radius 2 is 2.42 bits per heavy atom. The molecule has 0 amide bonds. The van der Waals surface area contributed by atoms with Crippen molar-refractivity contribution in [2.75, 3.05) is 20.3 Å². The Morgan fingerprint density at radius 3 is 3.08 bits per heavy atom. The molecule has 68 valence electrons. The monoisotopic (exact) mass is 168 g/mol. The fraction of sp³-hybridized carbons (Fsp3) is 0.778. The molecule has 2 fully saturated rings. The van der Waals surface area contributed by atoms with Gasteiger partial charge >= 0.3 is 0 Å². The summed E-state index contributed by atoms with van der Waals surface area (Å²) >= 11 is 0. The average molecular weight is 168 g/mol. The highest BCUT2D eigenvalue weighted by molar-refractivity contribution is 5.13. The number of rotatable bonds is 0. The van der Waals surface area contributed by atoms with Gasteiger partial charge in [0.15, 0.2) is 0 Å². The molecule has 0 bridgehead atoms. The second-order valence-electron chi connectivity index (χ2n) is 3.80. The minimum atomic E-state index is 0.487. The Hall–Kier alpha value is -0.380. The van der Waals surface area contributed by atoms with Crippen molar-refractivity contribution in [2.24, 2.45) is 5.92 Å². The van der Waals surface area contributed by atoms with E-state index in [2.05, 4.69) is 31.0 Å². The van der Waals surface area contributed by atoms with E-state index >= 15 is 0 Å². The first-order valence-electron chi connectivity index (χ1n) is 4.44. The largest absolute Gasteiger partial charge is 0.375 e. The molecule has 3 nitrogen and oxygen atoms in total. The maximum Gasteiger partial charge on any atom is 0.0678 e. The maximum absolute atomic E-state index is 5.43. The fourth-order valence-electron chi connectivity index (χ4n) is 2.32. The van der Waals surface area contributed by atoms with Gasteiger partial charge in [-0.15, -0.1) is 0 Å². The molecule has 0 aliphatic carbocycles. The molecule has 0 saturated carbocycles. The summed E-state index contributed by atoms with van der Waals surface area (Å²) < 4.78 is 5.43. The molecule has 2 heterocycles. The third-order valence-electron chi connectivity index (χ3n) is 2.91. The summed E-state index contributed by atoms with van der Waals surface area (Å²) in [5, 5.41) is 2.15. The summed E-state index contributed by atoms with van der Waals surface area (Å²) in [4.78, 5) is 0. The van der Waals surface area contributed by atoms with Gasteiger partial charge in [0, 0.05) is 19.0 Å². The predicted octanol–water partition coefficient (Wildman–Crippen LogP) is 0.396. The van der Waals surface area contributed by atoms with Crippen LogP contribution in [0.5, 0.6) is 0 Å². The lowest BCUT2D eigenvalue weighted by molar-refractivity contribution is 0.0490. The zero-order valence-corrected chi connectivity index (χ0v) is 7.71. The van der Waals surface area contributed by atoms with Crippen molar-refractivity contribution in [1.82, 2.24) is 10.4 Å². The number of likely N-dealkylation sites (N-methyl/N-ethyl adjacent to an activating group) is 1. The van der Waals surface area contributed by atoms with Gasteiger partial charge < -0.3 is 4.74 Å². The van der Waals surface area contributed by atoms with Crippen molar-refractivity contribution < 1.29 is 4.74 Å². The Labute approximate surface area is 73.4 Å². The van der Waals surface area contributed by atoms with E-state index < -0.39 is 0 Å². The standard InChI is InChI=1S/C9H16N2O/c1-6-4-12-5-8-9(6)7(2)10-11(8)3/h7-10H,1,4-5H2,2-3H3. The number of nitrogens with one attached hydrogen (secondary N) is 1. The highest BCUT2D eigenvalue weighted by Gasteiger charge is 2.41. The van der Waals surface area contributed by atoms with Gasteiger partial charge in [0.1, 0.15) is 0 Å². The highest BCUT2D eigenvalue weighted by Crippen LogP contribution is 2.30. The normalized spacial score (nSPS) is 43.2. The van der Waals surface area contributed by atoms with Crippen LogP contribution in [0.15, 0.2) is 12.2 Å². The summed E-state index contributed by atoms with van der Waals surface area (Å²) in [7, 11) is 2.07. The van der Waals surface area contributed by atoms with Crippen molar-refractivity contribution in [3.05, 3.63) is 12.2 Å². The number of hydrogen-bond donors (Lipinski definition) is 1. The average Bonchev–Trinajstić information content (AvgIpc) is 2.29. The lowest BCUT2D eigenvalue weighted by Gasteiger charge is -2.30. The van der Waals surface area contributed by atoms with Gasteiger partial charge in [0.2, 0.25) is 0 Å². The van der Waals surface area contributed by atoms with Crippen molar-refractivity contribution in [3.8, 4) is 0 Å². The van der Waals surface area contributed by atoms with Gasteiger partial charge in [0.25, 0.3) is 0 Å². The minimum absolute atomic E-state index is 0.487. The summed E-state index contributed by atoms with van der Waals surface area (Å²) in [6.07, 6.45) is 0. The summed E-state index contributed by atoms with van der Waals surface area (Å²) in [6, 6.07) is 0.998. The van der Waals surface area contributed by atoms with Crippen LogP contribution in [-0.4, -0.2) is 37.4 Å². The predicted molar refractivity (Wildman–Crippen MR) is 47.6 cm³/mol. The van der Waals surface area contributed by atoms with Crippen LogP contribution < -0.4 is 5.43 Å². The number of nitrogens with zero attached hydrogens (tertiary/aromatic N) is 1. The molecule has 0 radical (unpaired) electrons. The van der Waals surface area contributed by atoms with Crippen LogP contribution in [0.4, 0.5) is 0 Å². The lowest BCUT2D eigenvalue weighted by atomic mass is 9.87. The first-order chi connectivity index (χ1) is 5.70. The molecule has 2 rings (SSSR count). The molecule has 0 aromatic carbocycles. The third-order valence-corrected chi connectivity index (χ3v) is 2.91. The molecule has 0 aromatic rings. The molecular formula is C9H16N2O. The highest BCUT2D eigenvalue weighted by atomic mass is 16.5. The molecule has 0 spiro atoms. The van der Waals surface area contributed by atoms with E-state index in [1.165, 1.54) is 5.57 Å². The number of fused-ring (bicyclic) bond motifs is 1. The van der Waals surface area contributed by atoms with E-state index in [1.807, 2.05) is 0 Å². The third kappa shape index (κ3) is 1.09. The number of hydrogen-bond acceptors (Lipinski definition) is 3. The Balaban J connectivity index is 2.19.